The predicted molar refractivity (Wildman–Crippen MR) is 97.7 cm³/mol. The van der Waals surface area contributed by atoms with Gasteiger partial charge in [-0.25, -0.2) is 0 Å². The van der Waals surface area contributed by atoms with Crippen molar-refractivity contribution in [3.05, 3.63) is 76.6 Å². The van der Waals surface area contributed by atoms with E-state index < -0.39 is 0 Å². The van der Waals surface area contributed by atoms with Crippen LogP contribution in [0.4, 0.5) is 0 Å². The molecule has 0 bridgehead atoms. The molecule has 24 heavy (non-hydrogen) atoms. The number of fused-ring (bicyclic) bond motifs is 1. The molecule has 1 aliphatic heterocycles. The Morgan fingerprint density at radius 3 is 2.42 bits per heavy atom. The van der Waals surface area contributed by atoms with Crippen molar-refractivity contribution < 1.29 is 0 Å². The molecule has 1 saturated heterocycles. The molecule has 0 amide bonds. The van der Waals surface area contributed by atoms with Gasteiger partial charge in [0.25, 0.3) is 5.56 Å². The molecule has 0 spiro atoms. The largest absolute Gasteiger partial charge is 0.314 e. The molecule has 0 unspecified atom stereocenters. The highest BCUT2D eigenvalue weighted by molar-refractivity contribution is 5.81. The molecule has 1 fully saturated rings. The number of benzene rings is 2. The summed E-state index contributed by atoms with van der Waals surface area (Å²) < 4.78 is 1.84. The van der Waals surface area contributed by atoms with Gasteiger partial charge >= 0.3 is 0 Å². The van der Waals surface area contributed by atoms with Gasteiger partial charge in [0.1, 0.15) is 0 Å². The van der Waals surface area contributed by atoms with Gasteiger partial charge in [-0.05, 0) is 29.7 Å². The van der Waals surface area contributed by atoms with Crippen molar-refractivity contribution in [1.29, 1.82) is 0 Å². The van der Waals surface area contributed by atoms with E-state index in [9.17, 15) is 4.79 Å². The summed E-state index contributed by atoms with van der Waals surface area (Å²) in [7, 11) is 0. The number of hydrogen-bond donors (Lipinski definition) is 1. The van der Waals surface area contributed by atoms with Crippen LogP contribution in [-0.2, 0) is 6.54 Å². The summed E-state index contributed by atoms with van der Waals surface area (Å²) >= 11 is 0. The number of hydrogen-bond acceptors (Lipinski definition) is 3. The van der Waals surface area contributed by atoms with Gasteiger partial charge in [-0.3, -0.25) is 14.3 Å². The van der Waals surface area contributed by atoms with Gasteiger partial charge < -0.3 is 5.32 Å². The Morgan fingerprint density at radius 2 is 1.62 bits per heavy atom. The van der Waals surface area contributed by atoms with Crippen LogP contribution in [0.2, 0.25) is 0 Å². The Balaban J connectivity index is 1.86. The molecule has 122 valence electrons. The van der Waals surface area contributed by atoms with Gasteiger partial charge in [0.2, 0.25) is 0 Å². The third kappa shape index (κ3) is 2.86. The minimum Gasteiger partial charge on any atom is -0.314 e. The normalized spacial score (nSPS) is 15.7. The van der Waals surface area contributed by atoms with Crippen LogP contribution >= 0.6 is 0 Å². The van der Waals surface area contributed by atoms with Gasteiger partial charge in [-0.15, -0.1) is 0 Å². The van der Waals surface area contributed by atoms with E-state index in [1.807, 2.05) is 53.1 Å². The average Bonchev–Trinajstić information content (AvgIpc) is 2.64. The Morgan fingerprint density at radius 1 is 0.917 bits per heavy atom. The summed E-state index contributed by atoms with van der Waals surface area (Å²) in [4.78, 5) is 15.5. The Bertz CT molecular complexity index is 896. The Hall–Kier alpha value is -2.43. The standard InChI is InChI=1S/C20H21N3O/c24-20-17(15-22-12-10-21-11-13-22)14-16-6-4-5-9-19(16)23(20)18-7-2-1-3-8-18/h1-9,14,21H,10-13,15H2. The molecule has 4 heteroatoms. The molecule has 1 aliphatic rings. The summed E-state index contributed by atoms with van der Waals surface area (Å²) in [5.74, 6) is 0. The zero-order chi connectivity index (χ0) is 16.4. The molecule has 1 aromatic heterocycles. The Kier molecular flexibility index (Phi) is 4.15. The number of pyridine rings is 1. The molecule has 4 nitrogen and oxygen atoms in total. The highest BCUT2D eigenvalue weighted by atomic mass is 16.1. The van der Waals surface area contributed by atoms with Crippen molar-refractivity contribution in [3.8, 4) is 5.69 Å². The number of piperazine rings is 1. The van der Waals surface area contributed by atoms with Gasteiger partial charge in [-0.1, -0.05) is 36.4 Å². The van der Waals surface area contributed by atoms with Crippen LogP contribution in [0.15, 0.2) is 65.5 Å². The first-order valence-corrected chi connectivity index (χ1v) is 8.45. The van der Waals surface area contributed by atoms with E-state index in [2.05, 4.69) is 22.3 Å². The summed E-state index contributed by atoms with van der Waals surface area (Å²) in [6, 6.07) is 20.0. The average molecular weight is 319 g/mol. The number of aromatic nitrogens is 1. The van der Waals surface area contributed by atoms with E-state index in [1.54, 1.807) is 0 Å². The van der Waals surface area contributed by atoms with Crippen LogP contribution in [-0.4, -0.2) is 35.6 Å². The van der Waals surface area contributed by atoms with Crippen LogP contribution in [0.3, 0.4) is 0 Å². The maximum Gasteiger partial charge on any atom is 0.260 e. The first kappa shape index (κ1) is 15.1. The van der Waals surface area contributed by atoms with Gasteiger partial charge in [0.15, 0.2) is 0 Å². The quantitative estimate of drug-likeness (QED) is 0.805. The van der Waals surface area contributed by atoms with Crippen LogP contribution in [0.25, 0.3) is 16.6 Å². The minimum atomic E-state index is 0.0819. The molecule has 2 aromatic carbocycles. The van der Waals surface area contributed by atoms with E-state index in [0.717, 1.165) is 48.3 Å². The van der Waals surface area contributed by atoms with Gasteiger partial charge in [0, 0.05) is 44.0 Å². The summed E-state index contributed by atoms with van der Waals surface area (Å²) in [6.45, 7) is 4.65. The van der Waals surface area contributed by atoms with E-state index >= 15 is 0 Å². The lowest BCUT2D eigenvalue weighted by Gasteiger charge is -2.27. The first-order chi connectivity index (χ1) is 11.8. The maximum absolute atomic E-state index is 13.2. The fourth-order valence-electron chi connectivity index (χ4n) is 3.37. The van der Waals surface area contributed by atoms with Crippen LogP contribution in [0, 0.1) is 0 Å². The van der Waals surface area contributed by atoms with Crippen molar-refractivity contribution in [1.82, 2.24) is 14.8 Å². The molecule has 2 heterocycles. The summed E-state index contributed by atoms with van der Waals surface area (Å²) in [6.07, 6.45) is 0. The Labute approximate surface area is 141 Å². The van der Waals surface area contributed by atoms with E-state index in [0.29, 0.717) is 6.54 Å². The molecule has 1 N–H and O–H groups in total. The monoisotopic (exact) mass is 319 g/mol. The van der Waals surface area contributed by atoms with Crippen molar-refractivity contribution in [2.24, 2.45) is 0 Å². The predicted octanol–water partition coefficient (Wildman–Crippen LogP) is 2.40. The van der Waals surface area contributed by atoms with Crippen LogP contribution < -0.4 is 10.9 Å². The smallest absolute Gasteiger partial charge is 0.260 e. The van der Waals surface area contributed by atoms with Crippen LogP contribution in [0.1, 0.15) is 5.56 Å². The van der Waals surface area contributed by atoms with Crippen molar-refractivity contribution in [2.75, 3.05) is 26.2 Å². The van der Waals surface area contributed by atoms with Crippen molar-refractivity contribution in [2.45, 2.75) is 6.54 Å². The second-order valence-corrected chi connectivity index (χ2v) is 6.23. The second kappa shape index (κ2) is 6.59. The number of para-hydroxylation sites is 2. The fourth-order valence-corrected chi connectivity index (χ4v) is 3.37. The molecule has 4 rings (SSSR count). The summed E-state index contributed by atoms with van der Waals surface area (Å²) in [5, 5.41) is 4.46. The summed E-state index contributed by atoms with van der Waals surface area (Å²) in [5.41, 5.74) is 2.82. The maximum atomic E-state index is 13.2. The van der Waals surface area contributed by atoms with E-state index in [-0.39, 0.29) is 5.56 Å². The topological polar surface area (TPSA) is 37.3 Å². The first-order valence-electron chi connectivity index (χ1n) is 8.45. The van der Waals surface area contributed by atoms with Crippen molar-refractivity contribution in [3.63, 3.8) is 0 Å². The molecule has 3 aromatic rings. The molecule has 0 aliphatic carbocycles. The zero-order valence-corrected chi connectivity index (χ0v) is 13.6. The lowest BCUT2D eigenvalue weighted by Crippen LogP contribution is -2.43. The molecular weight excluding hydrogens is 298 g/mol. The molecular formula is C20H21N3O. The molecule has 0 atom stereocenters. The lowest BCUT2D eigenvalue weighted by atomic mass is 10.1. The lowest BCUT2D eigenvalue weighted by molar-refractivity contribution is 0.232. The SMILES string of the molecule is O=c1c(CN2CCNCC2)cc2ccccc2n1-c1ccccc1. The van der Waals surface area contributed by atoms with E-state index in [4.69, 9.17) is 0 Å². The van der Waals surface area contributed by atoms with Crippen LogP contribution in [0.5, 0.6) is 0 Å². The number of rotatable bonds is 3. The highest BCUT2D eigenvalue weighted by Crippen LogP contribution is 2.18. The third-order valence-corrected chi connectivity index (χ3v) is 4.60. The highest BCUT2D eigenvalue weighted by Gasteiger charge is 2.15. The zero-order valence-electron chi connectivity index (χ0n) is 13.6. The molecule has 0 radical (unpaired) electrons. The van der Waals surface area contributed by atoms with Gasteiger partial charge in [-0.2, -0.15) is 0 Å². The van der Waals surface area contributed by atoms with Gasteiger partial charge in [0.05, 0.1) is 5.52 Å². The minimum absolute atomic E-state index is 0.0819. The number of nitrogens with zero attached hydrogens (tertiary/aromatic N) is 2. The fraction of sp³-hybridized carbons (Fsp3) is 0.250. The number of nitrogens with one attached hydrogen (secondary N) is 1. The van der Waals surface area contributed by atoms with E-state index in [1.165, 1.54) is 0 Å². The third-order valence-electron chi connectivity index (χ3n) is 4.60. The second-order valence-electron chi connectivity index (χ2n) is 6.23. The van der Waals surface area contributed by atoms with Crippen molar-refractivity contribution >= 4 is 10.9 Å². The molecule has 0 saturated carbocycles.